The highest BCUT2D eigenvalue weighted by Gasteiger charge is 1.89. The van der Waals surface area contributed by atoms with E-state index in [1.807, 2.05) is 0 Å². The topological polar surface area (TPSA) is 3.24 Å². The van der Waals surface area contributed by atoms with E-state index in [4.69, 9.17) is 0 Å². The van der Waals surface area contributed by atoms with Gasteiger partial charge >= 0.3 is 0 Å². The van der Waals surface area contributed by atoms with Crippen LogP contribution in [0.4, 0.5) is 9.41 Å². The molecule has 0 N–H and O–H groups in total. The van der Waals surface area contributed by atoms with Crippen LogP contribution in [0.2, 0.25) is 0 Å². The predicted molar refractivity (Wildman–Crippen MR) is 38.5 cm³/mol. The van der Waals surface area contributed by atoms with E-state index in [1.165, 1.54) is 19.6 Å². The summed E-state index contributed by atoms with van der Waals surface area (Å²) < 4.78 is 0. The molecule has 0 heterocycles. The van der Waals surface area contributed by atoms with Gasteiger partial charge in [0.15, 0.2) is 0 Å². The minimum absolute atomic E-state index is 0. The Labute approximate surface area is 55.8 Å². The van der Waals surface area contributed by atoms with Gasteiger partial charge in [0.1, 0.15) is 0 Å². The molecule has 0 aromatic heterocycles. The van der Waals surface area contributed by atoms with Crippen LogP contribution < -0.4 is 0 Å². The van der Waals surface area contributed by atoms with Crippen molar-refractivity contribution in [1.82, 2.24) is 4.90 Å². The number of halogens is 2. The van der Waals surface area contributed by atoms with Gasteiger partial charge < -0.3 is 4.90 Å². The van der Waals surface area contributed by atoms with Crippen LogP contribution in [0, 0.1) is 0 Å². The van der Waals surface area contributed by atoms with Crippen molar-refractivity contribution in [2.75, 3.05) is 19.6 Å². The Morgan fingerprint density at radius 1 is 0.778 bits per heavy atom. The second-order valence-corrected chi connectivity index (χ2v) is 1.62. The number of nitrogens with zero attached hydrogens (tertiary/aromatic N) is 1. The fourth-order valence-corrected chi connectivity index (χ4v) is 0.671. The van der Waals surface area contributed by atoms with Crippen LogP contribution in [-0.2, 0) is 0 Å². The molecule has 9 heavy (non-hydrogen) atoms. The monoisotopic (exact) mass is 141 g/mol. The first-order chi connectivity index (χ1) is 3.35. The molecule has 0 spiro atoms. The van der Waals surface area contributed by atoms with Crippen LogP contribution in [0.1, 0.15) is 20.8 Å². The van der Waals surface area contributed by atoms with E-state index < -0.39 is 0 Å². The Hall–Kier alpha value is -0.180. The molecule has 0 rings (SSSR count). The predicted octanol–water partition coefficient (Wildman–Crippen LogP) is 1.65. The number of rotatable bonds is 3. The summed E-state index contributed by atoms with van der Waals surface area (Å²) in [4.78, 5) is 2.38. The van der Waals surface area contributed by atoms with Crippen molar-refractivity contribution >= 4 is 0 Å². The molecular formula is C6H17F2N. The Morgan fingerprint density at radius 3 is 1.00 bits per heavy atom. The van der Waals surface area contributed by atoms with Crippen LogP contribution in [-0.4, -0.2) is 24.5 Å². The maximum atomic E-state index is 2.38. The van der Waals surface area contributed by atoms with Crippen LogP contribution in [0.3, 0.4) is 0 Å². The van der Waals surface area contributed by atoms with Gasteiger partial charge in [0.05, 0.1) is 0 Å². The third kappa shape index (κ3) is 7.82. The largest absolute Gasteiger partial charge is 0.304 e. The van der Waals surface area contributed by atoms with E-state index in [1.54, 1.807) is 0 Å². The molecule has 0 aromatic rings. The molecule has 3 heteroatoms. The van der Waals surface area contributed by atoms with Crippen LogP contribution >= 0.6 is 0 Å². The molecule has 0 saturated carbocycles. The van der Waals surface area contributed by atoms with Crippen molar-refractivity contribution in [2.45, 2.75) is 20.8 Å². The van der Waals surface area contributed by atoms with Crippen LogP contribution in [0.15, 0.2) is 0 Å². The van der Waals surface area contributed by atoms with Crippen LogP contribution in [0.5, 0.6) is 0 Å². The van der Waals surface area contributed by atoms with Gasteiger partial charge in [-0.2, -0.15) is 0 Å². The third-order valence-corrected chi connectivity index (χ3v) is 1.34. The van der Waals surface area contributed by atoms with Gasteiger partial charge in [-0.1, -0.05) is 20.8 Å². The summed E-state index contributed by atoms with van der Waals surface area (Å²) in [6, 6.07) is 0. The first-order valence-corrected chi connectivity index (χ1v) is 3.07. The van der Waals surface area contributed by atoms with E-state index in [-0.39, 0.29) is 9.41 Å². The maximum Gasteiger partial charge on any atom is -0.00474 e. The lowest BCUT2D eigenvalue weighted by Gasteiger charge is -2.13. The Balaban J connectivity index is -0.000000180. The summed E-state index contributed by atoms with van der Waals surface area (Å²) in [5.74, 6) is 0. The average molecular weight is 141 g/mol. The van der Waals surface area contributed by atoms with E-state index in [0.717, 1.165) is 0 Å². The molecule has 0 aliphatic rings. The molecule has 0 bridgehead atoms. The van der Waals surface area contributed by atoms with E-state index in [0.29, 0.717) is 0 Å². The smallest absolute Gasteiger partial charge is 0.00474 e. The van der Waals surface area contributed by atoms with Gasteiger partial charge in [0.25, 0.3) is 0 Å². The summed E-state index contributed by atoms with van der Waals surface area (Å²) in [5, 5.41) is 0. The zero-order valence-electron chi connectivity index (χ0n) is 6.39. The SMILES string of the molecule is CCN(CC)CC.F.F. The van der Waals surface area contributed by atoms with Gasteiger partial charge in [-0.05, 0) is 19.6 Å². The molecule has 1 nitrogen and oxygen atoms in total. The van der Waals surface area contributed by atoms with Crippen molar-refractivity contribution in [1.29, 1.82) is 0 Å². The maximum absolute atomic E-state index is 2.38. The summed E-state index contributed by atoms with van der Waals surface area (Å²) in [5.41, 5.74) is 0. The number of hydrogen-bond acceptors (Lipinski definition) is 1. The molecule has 0 amide bonds. The van der Waals surface area contributed by atoms with Crippen molar-refractivity contribution in [3.8, 4) is 0 Å². The van der Waals surface area contributed by atoms with Crippen molar-refractivity contribution < 1.29 is 9.41 Å². The highest BCUT2D eigenvalue weighted by Crippen LogP contribution is 1.81. The lowest BCUT2D eigenvalue weighted by Crippen LogP contribution is -2.21. The highest BCUT2D eigenvalue weighted by atomic mass is 19.0. The van der Waals surface area contributed by atoms with Gasteiger partial charge in [-0.25, -0.2) is 0 Å². The Kier molecular flexibility index (Phi) is 19.0. The van der Waals surface area contributed by atoms with Crippen molar-refractivity contribution in [3.63, 3.8) is 0 Å². The molecular weight excluding hydrogens is 124 g/mol. The van der Waals surface area contributed by atoms with Crippen molar-refractivity contribution in [2.24, 2.45) is 0 Å². The van der Waals surface area contributed by atoms with Crippen LogP contribution in [0.25, 0.3) is 0 Å². The molecule has 0 saturated heterocycles. The summed E-state index contributed by atoms with van der Waals surface area (Å²) in [6.07, 6.45) is 0. The minimum Gasteiger partial charge on any atom is -0.304 e. The standard InChI is InChI=1S/C6H15N.2FH/c1-4-7(5-2)6-3;;/h4-6H2,1-3H3;2*1H. The molecule has 0 fully saturated rings. The zero-order chi connectivity index (χ0) is 5.70. The zero-order valence-corrected chi connectivity index (χ0v) is 6.39. The Bertz CT molecular complexity index is 32.5. The second kappa shape index (κ2) is 10.7. The molecule has 0 aliphatic heterocycles. The summed E-state index contributed by atoms with van der Waals surface area (Å²) >= 11 is 0. The molecule has 0 radical (unpaired) electrons. The average Bonchev–Trinajstić information content (AvgIpc) is 1.72. The molecule has 0 aliphatic carbocycles. The van der Waals surface area contributed by atoms with Gasteiger partial charge in [-0.15, -0.1) is 0 Å². The minimum atomic E-state index is 0. The van der Waals surface area contributed by atoms with Gasteiger partial charge in [-0.3, -0.25) is 9.41 Å². The molecule has 0 unspecified atom stereocenters. The van der Waals surface area contributed by atoms with E-state index in [2.05, 4.69) is 25.7 Å². The first-order valence-electron chi connectivity index (χ1n) is 3.07. The number of hydrogen-bond donors (Lipinski definition) is 0. The summed E-state index contributed by atoms with van der Waals surface area (Å²) in [7, 11) is 0. The molecule has 60 valence electrons. The van der Waals surface area contributed by atoms with Gasteiger partial charge in [0, 0.05) is 0 Å². The normalized spacial score (nSPS) is 8.00. The first kappa shape index (κ1) is 15.9. The molecule has 0 aromatic carbocycles. The van der Waals surface area contributed by atoms with Gasteiger partial charge in [0.2, 0.25) is 0 Å². The lowest BCUT2D eigenvalue weighted by molar-refractivity contribution is 0.321. The second-order valence-electron chi connectivity index (χ2n) is 1.62. The van der Waals surface area contributed by atoms with E-state index in [9.17, 15) is 0 Å². The fourth-order valence-electron chi connectivity index (χ4n) is 0.671. The highest BCUT2D eigenvalue weighted by molar-refractivity contribution is 4.43. The molecule has 0 atom stereocenters. The Morgan fingerprint density at radius 2 is 1.00 bits per heavy atom. The third-order valence-electron chi connectivity index (χ3n) is 1.34. The summed E-state index contributed by atoms with van der Waals surface area (Å²) in [6.45, 7) is 10.1. The quantitative estimate of drug-likeness (QED) is 0.577. The lowest BCUT2D eigenvalue weighted by atomic mass is 10.5. The van der Waals surface area contributed by atoms with E-state index >= 15 is 0 Å². The fraction of sp³-hybridized carbons (Fsp3) is 1.00. The van der Waals surface area contributed by atoms with Crippen molar-refractivity contribution in [3.05, 3.63) is 0 Å².